The van der Waals surface area contributed by atoms with Crippen LogP contribution in [-0.4, -0.2) is 16.0 Å². The lowest BCUT2D eigenvalue weighted by atomic mass is 9.84. The largest absolute Gasteiger partial charge is 0.367 e. The Morgan fingerprint density at radius 1 is 1.24 bits per heavy atom. The van der Waals surface area contributed by atoms with Crippen molar-refractivity contribution in [3.8, 4) is 0 Å². The molecule has 1 heterocycles. The average molecular weight is 235 g/mol. The van der Waals surface area contributed by atoms with Crippen molar-refractivity contribution in [1.82, 2.24) is 9.97 Å². The number of rotatable bonds is 4. The van der Waals surface area contributed by atoms with E-state index in [9.17, 15) is 0 Å². The second kappa shape index (κ2) is 5.82. The first kappa shape index (κ1) is 12.1. The molecule has 17 heavy (non-hydrogen) atoms. The molecule has 0 aliphatic heterocycles. The van der Waals surface area contributed by atoms with Crippen LogP contribution in [0.2, 0.25) is 0 Å². The lowest BCUT2D eigenvalue weighted by Gasteiger charge is -2.28. The fourth-order valence-corrected chi connectivity index (χ4v) is 2.44. The normalized spacial score (nSPS) is 24.4. The highest BCUT2D eigenvalue weighted by atomic mass is 15.3. The van der Waals surface area contributed by atoms with E-state index in [1.807, 2.05) is 6.07 Å². The van der Waals surface area contributed by atoms with E-state index >= 15 is 0 Å². The van der Waals surface area contributed by atoms with E-state index in [4.69, 9.17) is 5.84 Å². The van der Waals surface area contributed by atoms with Crippen molar-refractivity contribution in [2.45, 2.75) is 45.1 Å². The second-order valence-electron chi connectivity index (χ2n) is 4.70. The number of hydrogen-bond acceptors (Lipinski definition) is 5. The molecule has 5 heteroatoms. The Morgan fingerprint density at radius 3 is 2.59 bits per heavy atom. The maximum absolute atomic E-state index is 5.32. The smallest absolute Gasteiger partial charge is 0.145 e. The zero-order valence-corrected chi connectivity index (χ0v) is 10.3. The first-order valence-corrected chi connectivity index (χ1v) is 6.37. The molecule has 0 aromatic carbocycles. The summed E-state index contributed by atoms with van der Waals surface area (Å²) in [6, 6.07) is 2.38. The number of aromatic nitrogens is 2. The highest BCUT2D eigenvalue weighted by molar-refractivity contribution is 5.46. The molecule has 94 valence electrons. The van der Waals surface area contributed by atoms with Crippen LogP contribution in [0.1, 0.15) is 39.0 Å². The van der Waals surface area contributed by atoms with Crippen molar-refractivity contribution < 1.29 is 0 Å². The molecule has 1 aromatic heterocycles. The van der Waals surface area contributed by atoms with Crippen LogP contribution in [0.5, 0.6) is 0 Å². The first-order valence-electron chi connectivity index (χ1n) is 6.37. The van der Waals surface area contributed by atoms with Gasteiger partial charge in [0.1, 0.15) is 18.0 Å². The fourth-order valence-electron chi connectivity index (χ4n) is 2.44. The molecular formula is C12H21N5. The number of anilines is 2. The third-order valence-corrected chi connectivity index (χ3v) is 3.59. The van der Waals surface area contributed by atoms with E-state index < -0.39 is 0 Å². The monoisotopic (exact) mass is 235 g/mol. The number of nitrogen functional groups attached to an aromatic ring is 1. The lowest BCUT2D eigenvalue weighted by Crippen LogP contribution is -2.26. The molecule has 0 saturated heterocycles. The summed E-state index contributed by atoms with van der Waals surface area (Å²) in [6.07, 6.45) is 7.93. The van der Waals surface area contributed by atoms with Gasteiger partial charge in [0.2, 0.25) is 0 Å². The highest BCUT2D eigenvalue weighted by Crippen LogP contribution is 2.28. The van der Waals surface area contributed by atoms with E-state index in [2.05, 4.69) is 27.6 Å². The molecular weight excluding hydrogens is 214 g/mol. The summed E-state index contributed by atoms with van der Waals surface area (Å²) in [7, 11) is 0. The molecule has 0 radical (unpaired) electrons. The van der Waals surface area contributed by atoms with Gasteiger partial charge < -0.3 is 10.7 Å². The van der Waals surface area contributed by atoms with Gasteiger partial charge in [0.15, 0.2) is 0 Å². The minimum absolute atomic E-state index is 0.540. The Kier molecular flexibility index (Phi) is 4.14. The lowest BCUT2D eigenvalue weighted by molar-refractivity contribution is 0.330. The average Bonchev–Trinajstić information content (AvgIpc) is 2.40. The van der Waals surface area contributed by atoms with Crippen LogP contribution in [0, 0.1) is 5.92 Å². The molecule has 1 aliphatic carbocycles. The molecule has 0 atom stereocenters. The van der Waals surface area contributed by atoms with Gasteiger partial charge in [0.05, 0.1) is 0 Å². The molecule has 1 fully saturated rings. The maximum Gasteiger partial charge on any atom is 0.145 e. The molecule has 0 unspecified atom stereocenters. The van der Waals surface area contributed by atoms with Crippen LogP contribution >= 0.6 is 0 Å². The van der Waals surface area contributed by atoms with Crippen LogP contribution in [0.25, 0.3) is 0 Å². The van der Waals surface area contributed by atoms with Gasteiger partial charge in [-0.2, -0.15) is 0 Å². The minimum Gasteiger partial charge on any atom is -0.367 e. The number of nitrogens with two attached hydrogens (primary N) is 1. The molecule has 2 rings (SSSR count). The Hall–Kier alpha value is -1.36. The van der Waals surface area contributed by atoms with Crippen LogP contribution in [0.4, 0.5) is 11.6 Å². The van der Waals surface area contributed by atoms with Crippen molar-refractivity contribution in [3.05, 3.63) is 12.4 Å². The summed E-state index contributed by atoms with van der Waals surface area (Å²) in [5.74, 6) is 7.73. The van der Waals surface area contributed by atoms with Crippen LogP contribution in [-0.2, 0) is 0 Å². The van der Waals surface area contributed by atoms with E-state index in [1.165, 1.54) is 38.4 Å². The van der Waals surface area contributed by atoms with E-state index in [0.29, 0.717) is 11.9 Å². The maximum atomic E-state index is 5.32. The zero-order chi connectivity index (χ0) is 12.1. The van der Waals surface area contributed by atoms with Crippen molar-refractivity contribution in [1.29, 1.82) is 0 Å². The Bertz CT molecular complexity index is 347. The second-order valence-corrected chi connectivity index (χ2v) is 4.70. The SMILES string of the molecule is CCC1CCC(Nc2cc(NN)ncn2)CC1. The van der Waals surface area contributed by atoms with E-state index in [0.717, 1.165) is 11.7 Å². The van der Waals surface area contributed by atoms with Gasteiger partial charge in [-0.25, -0.2) is 15.8 Å². The summed E-state index contributed by atoms with van der Waals surface area (Å²) in [5, 5.41) is 3.45. The van der Waals surface area contributed by atoms with Crippen LogP contribution in [0.15, 0.2) is 12.4 Å². The Morgan fingerprint density at radius 2 is 1.94 bits per heavy atom. The van der Waals surface area contributed by atoms with E-state index in [-0.39, 0.29) is 0 Å². The summed E-state index contributed by atoms with van der Waals surface area (Å²) < 4.78 is 0. The van der Waals surface area contributed by atoms with Gasteiger partial charge in [0, 0.05) is 12.1 Å². The van der Waals surface area contributed by atoms with Crippen LogP contribution in [0.3, 0.4) is 0 Å². The molecule has 4 N–H and O–H groups in total. The van der Waals surface area contributed by atoms with Gasteiger partial charge in [-0.1, -0.05) is 13.3 Å². The Labute approximate surface area is 102 Å². The molecule has 0 spiro atoms. The van der Waals surface area contributed by atoms with Gasteiger partial charge in [-0.05, 0) is 31.6 Å². The standard InChI is InChI=1S/C12H21N5/c1-2-9-3-5-10(6-4-9)16-11-7-12(17-13)15-8-14-11/h7-10H,2-6,13H2,1H3,(H2,14,15,16,17). The van der Waals surface area contributed by atoms with Gasteiger partial charge in [-0.15, -0.1) is 0 Å². The Balaban J connectivity index is 1.88. The first-order chi connectivity index (χ1) is 8.31. The predicted octanol–water partition coefficient (Wildman–Crippen LogP) is 2.14. The summed E-state index contributed by atoms with van der Waals surface area (Å²) in [4.78, 5) is 8.19. The fraction of sp³-hybridized carbons (Fsp3) is 0.667. The van der Waals surface area contributed by atoms with Crippen molar-refractivity contribution in [2.24, 2.45) is 11.8 Å². The number of nitrogens with one attached hydrogen (secondary N) is 2. The topological polar surface area (TPSA) is 75.9 Å². The number of hydrazine groups is 1. The molecule has 1 saturated carbocycles. The minimum atomic E-state index is 0.540. The summed E-state index contributed by atoms with van der Waals surface area (Å²) in [5.41, 5.74) is 2.53. The van der Waals surface area contributed by atoms with E-state index in [1.54, 1.807) is 0 Å². The summed E-state index contributed by atoms with van der Waals surface area (Å²) in [6.45, 7) is 2.28. The summed E-state index contributed by atoms with van der Waals surface area (Å²) >= 11 is 0. The molecule has 5 nitrogen and oxygen atoms in total. The van der Waals surface area contributed by atoms with Gasteiger partial charge in [0.25, 0.3) is 0 Å². The zero-order valence-electron chi connectivity index (χ0n) is 10.3. The number of hydrogen-bond donors (Lipinski definition) is 3. The van der Waals surface area contributed by atoms with Crippen molar-refractivity contribution >= 4 is 11.6 Å². The van der Waals surface area contributed by atoms with Gasteiger partial charge in [-0.3, -0.25) is 0 Å². The third-order valence-electron chi connectivity index (χ3n) is 3.59. The third kappa shape index (κ3) is 3.30. The van der Waals surface area contributed by atoms with Crippen molar-refractivity contribution in [2.75, 3.05) is 10.7 Å². The quantitative estimate of drug-likeness (QED) is 0.550. The van der Waals surface area contributed by atoms with Gasteiger partial charge >= 0.3 is 0 Å². The van der Waals surface area contributed by atoms with Crippen molar-refractivity contribution in [3.63, 3.8) is 0 Å². The predicted molar refractivity (Wildman–Crippen MR) is 69.5 cm³/mol. The molecule has 1 aromatic rings. The molecule has 1 aliphatic rings. The molecule has 0 bridgehead atoms. The molecule has 0 amide bonds. The highest BCUT2D eigenvalue weighted by Gasteiger charge is 2.19. The number of nitrogens with zero attached hydrogens (tertiary/aromatic N) is 2. The van der Waals surface area contributed by atoms with Crippen LogP contribution < -0.4 is 16.6 Å².